The number of hydrogen-bond acceptors (Lipinski definition) is 2. The quantitative estimate of drug-likeness (QED) is 0.614. The summed E-state index contributed by atoms with van der Waals surface area (Å²) in [4.78, 5) is 15.8. The molecule has 0 amide bonds. The molecule has 1 aromatic carbocycles. The van der Waals surface area contributed by atoms with Crippen molar-refractivity contribution in [1.82, 2.24) is 4.98 Å². The molecule has 0 fully saturated rings. The summed E-state index contributed by atoms with van der Waals surface area (Å²) in [5.74, 6) is -0.721. The fourth-order valence-corrected chi connectivity index (χ4v) is 1.77. The molecule has 1 aromatic heterocycles. The lowest BCUT2D eigenvalue weighted by atomic mass is 10.1. The summed E-state index contributed by atoms with van der Waals surface area (Å²) in [6, 6.07) is 8.17. The number of halogens is 3. The average molecular weight is 270 g/mol. The van der Waals surface area contributed by atoms with Gasteiger partial charge in [0.25, 0.3) is 0 Å². The summed E-state index contributed by atoms with van der Waals surface area (Å²) in [5.41, 5.74) is 0.583. The highest BCUT2D eigenvalue weighted by Gasteiger charge is 2.14. The van der Waals surface area contributed by atoms with Crippen LogP contribution in [0.5, 0.6) is 0 Å². The normalized spacial score (nSPS) is 10.3. The lowest BCUT2D eigenvalue weighted by molar-refractivity contribution is 0.103. The number of nitrogens with zero attached hydrogens (tertiary/aromatic N) is 1. The molecule has 1 heterocycles. The largest absolute Gasteiger partial charge is 0.288 e. The van der Waals surface area contributed by atoms with Gasteiger partial charge in [-0.05, 0) is 36.4 Å². The molecule has 0 aliphatic rings. The van der Waals surface area contributed by atoms with Crippen molar-refractivity contribution in [2.24, 2.45) is 0 Å². The van der Waals surface area contributed by atoms with Crippen molar-refractivity contribution < 1.29 is 9.18 Å². The molecule has 0 unspecified atom stereocenters. The number of pyridine rings is 1. The number of benzene rings is 1. The SMILES string of the molecule is O=C(c1ccc(F)cc1)c1ccc(Cl)nc1Cl. The van der Waals surface area contributed by atoms with Gasteiger partial charge in [-0.1, -0.05) is 23.2 Å². The Morgan fingerprint density at radius 2 is 1.71 bits per heavy atom. The summed E-state index contributed by atoms with van der Waals surface area (Å²) < 4.78 is 12.7. The molecular formula is C12H6Cl2FNO. The van der Waals surface area contributed by atoms with Gasteiger partial charge in [0, 0.05) is 5.56 Å². The van der Waals surface area contributed by atoms with Gasteiger partial charge in [0.15, 0.2) is 5.78 Å². The van der Waals surface area contributed by atoms with Crippen LogP contribution in [-0.4, -0.2) is 10.8 Å². The summed E-state index contributed by atoms with van der Waals surface area (Å²) in [6.07, 6.45) is 0. The minimum absolute atomic E-state index is 0.0341. The Morgan fingerprint density at radius 1 is 1.06 bits per heavy atom. The Balaban J connectivity index is 2.40. The highest BCUT2D eigenvalue weighted by Crippen LogP contribution is 2.20. The summed E-state index contributed by atoms with van der Waals surface area (Å²) in [7, 11) is 0. The van der Waals surface area contributed by atoms with Crippen molar-refractivity contribution in [2.75, 3.05) is 0 Å². The second-order valence-electron chi connectivity index (χ2n) is 3.31. The van der Waals surface area contributed by atoms with E-state index in [2.05, 4.69) is 4.98 Å². The molecule has 5 heteroatoms. The number of hydrogen-bond donors (Lipinski definition) is 0. The lowest BCUT2D eigenvalue weighted by Crippen LogP contribution is -2.03. The second-order valence-corrected chi connectivity index (χ2v) is 4.05. The van der Waals surface area contributed by atoms with Crippen LogP contribution in [0.15, 0.2) is 36.4 Å². The standard InChI is InChI=1S/C12H6Cl2FNO/c13-10-6-5-9(12(14)16-10)11(17)7-1-3-8(15)4-2-7/h1-6H. The molecular weight excluding hydrogens is 264 g/mol. The first-order valence-electron chi connectivity index (χ1n) is 4.70. The van der Waals surface area contributed by atoms with Gasteiger partial charge in [-0.15, -0.1) is 0 Å². The van der Waals surface area contributed by atoms with Crippen molar-refractivity contribution in [3.63, 3.8) is 0 Å². The summed E-state index contributed by atoms with van der Waals surface area (Å²) >= 11 is 11.4. The molecule has 0 aliphatic heterocycles. The molecule has 2 rings (SSSR count). The number of carbonyl (C=O) groups excluding carboxylic acids is 1. The Kier molecular flexibility index (Phi) is 3.41. The van der Waals surface area contributed by atoms with E-state index < -0.39 is 5.82 Å². The Labute approximate surface area is 107 Å². The van der Waals surface area contributed by atoms with E-state index in [0.29, 0.717) is 5.56 Å². The van der Waals surface area contributed by atoms with Crippen LogP contribution in [0.4, 0.5) is 4.39 Å². The van der Waals surface area contributed by atoms with E-state index in [9.17, 15) is 9.18 Å². The zero-order chi connectivity index (χ0) is 12.4. The maximum Gasteiger partial charge on any atom is 0.196 e. The van der Waals surface area contributed by atoms with E-state index in [4.69, 9.17) is 23.2 Å². The maximum absolute atomic E-state index is 12.7. The van der Waals surface area contributed by atoms with E-state index in [-0.39, 0.29) is 21.7 Å². The minimum Gasteiger partial charge on any atom is -0.288 e. The Bertz CT molecular complexity index is 569. The zero-order valence-corrected chi connectivity index (χ0v) is 9.97. The van der Waals surface area contributed by atoms with Gasteiger partial charge in [-0.3, -0.25) is 4.79 Å². The van der Waals surface area contributed by atoms with Crippen LogP contribution in [0, 0.1) is 5.82 Å². The molecule has 0 saturated carbocycles. The molecule has 0 saturated heterocycles. The van der Waals surface area contributed by atoms with Crippen molar-refractivity contribution in [2.45, 2.75) is 0 Å². The fraction of sp³-hybridized carbons (Fsp3) is 0. The van der Waals surface area contributed by atoms with Gasteiger partial charge < -0.3 is 0 Å². The van der Waals surface area contributed by atoms with Crippen LogP contribution in [0.25, 0.3) is 0 Å². The summed E-state index contributed by atoms with van der Waals surface area (Å²) in [5, 5.41) is 0.248. The Morgan fingerprint density at radius 3 is 2.29 bits per heavy atom. The predicted molar refractivity (Wildman–Crippen MR) is 64.1 cm³/mol. The minimum atomic E-state index is -0.401. The molecule has 0 bridgehead atoms. The van der Waals surface area contributed by atoms with E-state index in [1.165, 1.54) is 36.4 Å². The molecule has 86 valence electrons. The van der Waals surface area contributed by atoms with Crippen LogP contribution >= 0.6 is 23.2 Å². The van der Waals surface area contributed by atoms with Crippen molar-refractivity contribution in [1.29, 1.82) is 0 Å². The van der Waals surface area contributed by atoms with Crippen molar-refractivity contribution in [3.8, 4) is 0 Å². The predicted octanol–water partition coefficient (Wildman–Crippen LogP) is 3.76. The Hall–Kier alpha value is -1.45. The number of ketones is 1. The van der Waals surface area contributed by atoms with Crippen LogP contribution in [0.1, 0.15) is 15.9 Å². The van der Waals surface area contributed by atoms with Gasteiger partial charge in [0.1, 0.15) is 16.1 Å². The van der Waals surface area contributed by atoms with Crippen LogP contribution in [0.3, 0.4) is 0 Å². The zero-order valence-electron chi connectivity index (χ0n) is 8.45. The third-order valence-corrected chi connectivity index (χ3v) is 2.66. The first kappa shape index (κ1) is 12.0. The van der Waals surface area contributed by atoms with E-state index in [0.717, 1.165) is 0 Å². The van der Waals surface area contributed by atoms with Crippen molar-refractivity contribution >= 4 is 29.0 Å². The first-order valence-corrected chi connectivity index (χ1v) is 5.46. The number of rotatable bonds is 2. The number of aromatic nitrogens is 1. The molecule has 0 radical (unpaired) electrons. The van der Waals surface area contributed by atoms with Gasteiger partial charge in [-0.2, -0.15) is 0 Å². The van der Waals surface area contributed by atoms with Crippen LogP contribution in [-0.2, 0) is 0 Å². The molecule has 0 atom stereocenters. The van der Waals surface area contributed by atoms with Gasteiger partial charge >= 0.3 is 0 Å². The topological polar surface area (TPSA) is 30.0 Å². The van der Waals surface area contributed by atoms with Gasteiger partial charge in [-0.25, -0.2) is 9.37 Å². The summed E-state index contributed by atoms with van der Waals surface area (Å²) in [6.45, 7) is 0. The van der Waals surface area contributed by atoms with E-state index in [1.54, 1.807) is 0 Å². The molecule has 2 nitrogen and oxygen atoms in total. The second kappa shape index (κ2) is 4.82. The third kappa shape index (κ3) is 2.62. The highest BCUT2D eigenvalue weighted by atomic mass is 35.5. The monoisotopic (exact) mass is 269 g/mol. The average Bonchev–Trinajstić information content (AvgIpc) is 2.29. The van der Waals surface area contributed by atoms with Crippen LogP contribution < -0.4 is 0 Å². The fourth-order valence-electron chi connectivity index (χ4n) is 1.34. The van der Waals surface area contributed by atoms with E-state index in [1.807, 2.05) is 0 Å². The smallest absolute Gasteiger partial charge is 0.196 e. The van der Waals surface area contributed by atoms with E-state index >= 15 is 0 Å². The van der Waals surface area contributed by atoms with Crippen LogP contribution in [0.2, 0.25) is 10.3 Å². The van der Waals surface area contributed by atoms with Gasteiger partial charge in [0.05, 0.1) is 5.56 Å². The lowest BCUT2D eigenvalue weighted by Gasteiger charge is -2.03. The first-order chi connectivity index (χ1) is 8.08. The molecule has 0 aliphatic carbocycles. The van der Waals surface area contributed by atoms with Crippen molar-refractivity contribution in [3.05, 3.63) is 63.6 Å². The highest BCUT2D eigenvalue weighted by molar-refractivity contribution is 6.35. The molecule has 2 aromatic rings. The molecule has 0 spiro atoms. The molecule has 0 N–H and O–H groups in total. The third-order valence-electron chi connectivity index (χ3n) is 2.17. The van der Waals surface area contributed by atoms with Gasteiger partial charge in [0.2, 0.25) is 0 Å². The maximum atomic E-state index is 12.7. The number of carbonyl (C=O) groups is 1. The molecule has 17 heavy (non-hydrogen) atoms.